The van der Waals surface area contributed by atoms with Gasteiger partial charge in [-0.3, -0.25) is 14.3 Å². The number of methoxy groups -OCH3 is 1. The fourth-order valence-electron chi connectivity index (χ4n) is 3.47. The standard InChI is InChI=1S/C18H29N3O3/c1-5-15(6-2)21-13(3)16(12-19-21)18(23)20-9-7-14(8-10-20)11-17(22)24-4/h12,14-15H,5-11H2,1-4H3. The van der Waals surface area contributed by atoms with Crippen LogP contribution in [0.1, 0.15) is 68.0 Å². The summed E-state index contributed by atoms with van der Waals surface area (Å²) >= 11 is 0. The molecule has 0 N–H and O–H groups in total. The first-order valence-electron chi connectivity index (χ1n) is 8.91. The number of hydrogen-bond donors (Lipinski definition) is 0. The van der Waals surface area contributed by atoms with Crippen molar-refractivity contribution in [1.82, 2.24) is 14.7 Å². The molecule has 24 heavy (non-hydrogen) atoms. The SMILES string of the molecule is CCC(CC)n1ncc(C(=O)N2CCC(CC(=O)OC)CC2)c1C. The second kappa shape index (κ2) is 8.31. The second-order valence-electron chi connectivity index (χ2n) is 6.57. The molecule has 1 aromatic heterocycles. The fraction of sp³-hybridized carbons (Fsp3) is 0.722. The molecule has 2 rings (SSSR count). The zero-order chi connectivity index (χ0) is 17.7. The molecule has 6 nitrogen and oxygen atoms in total. The molecule has 1 aliphatic rings. The molecule has 1 aromatic rings. The molecule has 0 aliphatic carbocycles. The van der Waals surface area contributed by atoms with E-state index in [0.29, 0.717) is 37.0 Å². The van der Waals surface area contributed by atoms with Crippen molar-refractivity contribution in [1.29, 1.82) is 0 Å². The predicted molar refractivity (Wildman–Crippen MR) is 91.8 cm³/mol. The van der Waals surface area contributed by atoms with Crippen LogP contribution in [-0.2, 0) is 9.53 Å². The summed E-state index contributed by atoms with van der Waals surface area (Å²) in [5.74, 6) is 0.207. The third kappa shape index (κ3) is 3.97. The van der Waals surface area contributed by atoms with E-state index in [-0.39, 0.29) is 11.9 Å². The van der Waals surface area contributed by atoms with Gasteiger partial charge in [-0.2, -0.15) is 5.10 Å². The Morgan fingerprint density at radius 3 is 2.46 bits per heavy atom. The number of ether oxygens (including phenoxy) is 1. The first kappa shape index (κ1) is 18.5. The number of carbonyl (C=O) groups excluding carboxylic acids is 2. The molecule has 1 fully saturated rings. The van der Waals surface area contributed by atoms with E-state index in [0.717, 1.165) is 31.4 Å². The predicted octanol–water partition coefficient (Wildman–Crippen LogP) is 2.97. The van der Waals surface area contributed by atoms with Gasteiger partial charge >= 0.3 is 5.97 Å². The van der Waals surface area contributed by atoms with Gasteiger partial charge in [0.2, 0.25) is 0 Å². The molecule has 1 amide bonds. The van der Waals surface area contributed by atoms with Crippen LogP contribution < -0.4 is 0 Å². The molecular weight excluding hydrogens is 306 g/mol. The second-order valence-corrected chi connectivity index (χ2v) is 6.57. The Balaban J connectivity index is 2.00. The number of carbonyl (C=O) groups is 2. The van der Waals surface area contributed by atoms with Crippen LogP contribution in [0.15, 0.2) is 6.20 Å². The van der Waals surface area contributed by atoms with Crippen LogP contribution in [0.2, 0.25) is 0 Å². The average molecular weight is 335 g/mol. The van der Waals surface area contributed by atoms with Gasteiger partial charge in [-0.1, -0.05) is 13.8 Å². The Labute approximate surface area is 144 Å². The highest BCUT2D eigenvalue weighted by atomic mass is 16.5. The maximum absolute atomic E-state index is 12.8. The van der Waals surface area contributed by atoms with Crippen LogP contribution in [0.5, 0.6) is 0 Å². The normalized spacial score (nSPS) is 15.8. The van der Waals surface area contributed by atoms with Gasteiger partial charge in [-0.15, -0.1) is 0 Å². The number of piperidine rings is 1. The zero-order valence-electron chi connectivity index (χ0n) is 15.2. The molecule has 1 aliphatic heterocycles. The molecule has 0 radical (unpaired) electrons. The zero-order valence-corrected chi connectivity index (χ0v) is 15.2. The van der Waals surface area contributed by atoms with E-state index >= 15 is 0 Å². The van der Waals surface area contributed by atoms with E-state index < -0.39 is 0 Å². The third-order valence-corrected chi connectivity index (χ3v) is 5.15. The van der Waals surface area contributed by atoms with Crippen molar-refractivity contribution in [3.8, 4) is 0 Å². The molecule has 2 heterocycles. The Kier molecular flexibility index (Phi) is 6.40. The maximum atomic E-state index is 12.8. The summed E-state index contributed by atoms with van der Waals surface area (Å²) in [6, 6.07) is 0.345. The van der Waals surface area contributed by atoms with Gasteiger partial charge in [0.25, 0.3) is 5.91 Å². The first-order valence-corrected chi connectivity index (χ1v) is 8.91. The van der Waals surface area contributed by atoms with E-state index in [1.54, 1.807) is 6.20 Å². The number of amides is 1. The number of nitrogens with zero attached hydrogens (tertiary/aromatic N) is 3. The summed E-state index contributed by atoms with van der Waals surface area (Å²) in [7, 11) is 1.42. The van der Waals surface area contributed by atoms with Crippen molar-refractivity contribution in [3.63, 3.8) is 0 Å². The number of likely N-dealkylation sites (tertiary alicyclic amines) is 1. The highest BCUT2D eigenvalue weighted by Gasteiger charge is 2.27. The van der Waals surface area contributed by atoms with Crippen molar-refractivity contribution in [3.05, 3.63) is 17.5 Å². The van der Waals surface area contributed by atoms with Crippen molar-refractivity contribution in [2.24, 2.45) is 5.92 Å². The number of esters is 1. The van der Waals surface area contributed by atoms with E-state index in [1.807, 2.05) is 16.5 Å². The fourth-order valence-corrected chi connectivity index (χ4v) is 3.47. The van der Waals surface area contributed by atoms with Gasteiger partial charge in [0.05, 0.1) is 24.9 Å². The van der Waals surface area contributed by atoms with Crippen LogP contribution in [0, 0.1) is 12.8 Å². The topological polar surface area (TPSA) is 64.4 Å². The molecule has 0 bridgehead atoms. The number of rotatable bonds is 6. The lowest BCUT2D eigenvalue weighted by Gasteiger charge is -2.31. The number of aromatic nitrogens is 2. The van der Waals surface area contributed by atoms with Gasteiger partial charge in [0.1, 0.15) is 0 Å². The largest absolute Gasteiger partial charge is 0.469 e. The Morgan fingerprint density at radius 2 is 1.92 bits per heavy atom. The molecule has 134 valence electrons. The van der Waals surface area contributed by atoms with Crippen LogP contribution in [0.4, 0.5) is 0 Å². The molecule has 0 aromatic carbocycles. The van der Waals surface area contributed by atoms with E-state index in [9.17, 15) is 9.59 Å². The maximum Gasteiger partial charge on any atom is 0.305 e. The minimum Gasteiger partial charge on any atom is -0.469 e. The molecule has 6 heteroatoms. The Morgan fingerprint density at radius 1 is 1.29 bits per heavy atom. The van der Waals surface area contributed by atoms with Crippen LogP contribution in [0.25, 0.3) is 0 Å². The lowest BCUT2D eigenvalue weighted by atomic mass is 9.93. The Bertz CT molecular complexity index is 570. The van der Waals surface area contributed by atoms with Crippen molar-refractivity contribution in [2.75, 3.05) is 20.2 Å². The summed E-state index contributed by atoms with van der Waals surface area (Å²) in [5, 5.41) is 4.45. The summed E-state index contributed by atoms with van der Waals surface area (Å²) in [6.45, 7) is 7.64. The van der Waals surface area contributed by atoms with Gasteiger partial charge in [-0.05, 0) is 38.5 Å². The molecule has 0 unspecified atom stereocenters. The number of hydrogen-bond acceptors (Lipinski definition) is 4. The smallest absolute Gasteiger partial charge is 0.305 e. The van der Waals surface area contributed by atoms with Gasteiger partial charge in [0, 0.05) is 25.2 Å². The highest BCUT2D eigenvalue weighted by molar-refractivity contribution is 5.95. The highest BCUT2D eigenvalue weighted by Crippen LogP contribution is 2.24. The summed E-state index contributed by atoms with van der Waals surface area (Å²) in [4.78, 5) is 26.1. The van der Waals surface area contributed by atoms with Crippen molar-refractivity contribution < 1.29 is 14.3 Å². The van der Waals surface area contributed by atoms with Crippen LogP contribution in [-0.4, -0.2) is 46.8 Å². The van der Waals surface area contributed by atoms with Gasteiger partial charge < -0.3 is 9.64 Å². The Hall–Kier alpha value is -1.85. The monoisotopic (exact) mass is 335 g/mol. The molecular formula is C18H29N3O3. The van der Waals surface area contributed by atoms with Crippen molar-refractivity contribution >= 4 is 11.9 Å². The lowest BCUT2D eigenvalue weighted by molar-refractivity contribution is -0.142. The lowest BCUT2D eigenvalue weighted by Crippen LogP contribution is -2.39. The van der Waals surface area contributed by atoms with Crippen LogP contribution in [0.3, 0.4) is 0 Å². The van der Waals surface area contributed by atoms with E-state index in [1.165, 1.54) is 7.11 Å². The molecule has 0 saturated carbocycles. The summed E-state index contributed by atoms with van der Waals surface area (Å²) in [6.07, 6.45) is 5.86. The molecule has 0 spiro atoms. The van der Waals surface area contributed by atoms with Crippen LogP contribution >= 0.6 is 0 Å². The quantitative estimate of drug-likeness (QED) is 0.750. The average Bonchev–Trinajstić information content (AvgIpc) is 2.97. The van der Waals surface area contributed by atoms with Crippen molar-refractivity contribution in [2.45, 2.75) is 58.9 Å². The minimum absolute atomic E-state index is 0.0567. The molecule has 0 atom stereocenters. The van der Waals surface area contributed by atoms with Gasteiger partial charge in [0.15, 0.2) is 0 Å². The van der Waals surface area contributed by atoms with Gasteiger partial charge in [-0.25, -0.2) is 0 Å². The summed E-state index contributed by atoms with van der Waals surface area (Å²) in [5.41, 5.74) is 1.65. The minimum atomic E-state index is -0.165. The molecule has 1 saturated heterocycles. The summed E-state index contributed by atoms with van der Waals surface area (Å²) < 4.78 is 6.71. The first-order chi connectivity index (χ1) is 11.5. The van der Waals surface area contributed by atoms with E-state index in [4.69, 9.17) is 4.74 Å². The van der Waals surface area contributed by atoms with E-state index in [2.05, 4.69) is 18.9 Å². The third-order valence-electron chi connectivity index (χ3n) is 5.15.